The van der Waals surface area contributed by atoms with Gasteiger partial charge in [0.05, 0.1) is 4.92 Å². The summed E-state index contributed by atoms with van der Waals surface area (Å²) in [6.07, 6.45) is 5.12. The number of hydrogen-bond donors (Lipinski definition) is 1. The summed E-state index contributed by atoms with van der Waals surface area (Å²) >= 11 is 0. The molecule has 0 bridgehead atoms. The van der Waals surface area contributed by atoms with E-state index >= 15 is 0 Å². The number of nitro groups is 1. The molecular formula is C18H16N4O2. The van der Waals surface area contributed by atoms with Crippen LogP contribution < -0.4 is 5.32 Å². The fourth-order valence-electron chi connectivity index (χ4n) is 2.44. The number of rotatable bonds is 5. The topological polar surface area (TPSA) is 81.0 Å². The van der Waals surface area contributed by atoms with Crippen LogP contribution in [-0.2, 0) is 6.54 Å². The van der Waals surface area contributed by atoms with Gasteiger partial charge in [-0.3, -0.25) is 15.1 Å². The molecule has 1 N–H and O–H groups in total. The minimum atomic E-state index is -0.407. The van der Waals surface area contributed by atoms with Gasteiger partial charge in [0.25, 0.3) is 0 Å². The van der Waals surface area contributed by atoms with Gasteiger partial charge in [-0.2, -0.15) is 0 Å². The predicted molar refractivity (Wildman–Crippen MR) is 92.6 cm³/mol. The molecule has 0 radical (unpaired) electrons. The second-order valence-electron chi connectivity index (χ2n) is 5.37. The van der Waals surface area contributed by atoms with Crippen LogP contribution in [-0.4, -0.2) is 14.9 Å². The van der Waals surface area contributed by atoms with Gasteiger partial charge in [0.2, 0.25) is 5.82 Å². The summed E-state index contributed by atoms with van der Waals surface area (Å²) in [5.74, 6) is 0.288. The SMILES string of the molecule is Cc1ccnc(NCc2ccc(-c3cccnc3)cc2)c1[N+](=O)[O-]. The van der Waals surface area contributed by atoms with Crippen molar-refractivity contribution in [1.29, 1.82) is 0 Å². The van der Waals surface area contributed by atoms with E-state index in [1.54, 1.807) is 25.4 Å². The first-order chi connectivity index (χ1) is 11.6. The normalized spacial score (nSPS) is 10.4. The van der Waals surface area contributed by atoms with E-state index in [4.69, 9.17) is 0 Å². The van der Waals surface area contributed by atoms with Gasteiger partial charge in [-0.25, -0.2) is 4.98 Å². The molecule has 1 aromatic carbocycles. The molecule has 6 nitrogen and oxygen atoms in total. The van der Waals surface area contributed by atoms with Crippen molar-refractivity contribution in [3.8, 4) is 11.1 Å². The molecule has 24 heavy (non-hydrogen) atoms. The molecule has 2 heterocycles. The van der Waals surface area contributed by atoms with Crippen molar-refractivity contribution in [2.24, 2.45) is 0 Å². The Morgan fingerprint density at radius 2 is 1.88 bits per heavy atom. The van der Waals surface area contributed by atoms with Crippen LogP contribution in [0.3, 0.4) is 0 Å². The summed E-state index contributed by atoms with van der Waals surface area (Å²) in [5, 5.41) is 14.2. The van der Waals surface area contributed by atoms with Gasteiger partial charge in [-0.15, -0.1) is 0 Å². The van der Waals surface area contributed by atoms with E-state index in [2.05, 4.69) is 15.3 Å². The molecule has 3 aromatic rings. The monoisotopic (exact) mass is 320 g/mol. The minimum Gasteiger partial charge on any atom is -0.360 e. The summed E-state index contributed by atoms with van der Waals surface area (Å²) < 4.78 is 0. The van der Waals surface area contributed by atoms with Gasteiger partial charge in [-0.05, 0) is 35.7 Å². The number of anilines is 1. The predicted octanol–water partition coefficient (Wildman–Crippen LogP) is 3.97. The van der Waals surface area contributed by atoms with E-state index < -0.39 is 4.92 Å². The van der Waals surface area contributed by atoms with Crippen LogP contribution in [0.4, 0.5) is 11.5 Å². The van der Waals surface area contributed by atoms with Gasteiger partial charge >= 0.3 is 5.69 Å². The fraction of sp³-hybridized carbons (Fsp3) is 0.111. The summed E-state index contributed by atoms with van der Waals surface area (Å²) in [6, 6.07) is 13.5. The van der Waals surface area contributed by atoms with Gasteiger partial charge in [0, 0.05) is 30.7 Å². The first-order valence-corrected chi connectivity index (χ1v) is 7.48. The Morgan fingerprint density at radius 1 is 1.08 bits per heavy atom. The molecule has 0 saturated heterocycles. The van der Waals surface area contributed by atoms with Crippen LogP contribution in [0.2, 0.25) is 0 Å². The number of nitrogens with zero attached hydrogens (tertiary/aromatic N) is 3. The maximum Gasteiger partial charge on any atom is 0.314 e. The Balaban J connectivity index is 1.74. The second-order valence-corrected chi connectivity index (χ2v) is 5.37. The molecule has 0 aliphatic heterocycles. The van der Waals surface area contributed by atoms with Crippen LogP contribution in [0.5, 0.6) is 0 Å². The number of pyridine rings is 2. The number of benzene rings is 1. The Bertz CT molecular complexity index is 849. The molecule has 0 spiro atoms. The average molecular weight is 320 g/mol. The third kappa shape index (κ3) is 3.38. The van der Waals surface area contributed by atoms with E-state index in [0.717, 1.165) is 16.7 Å². The van der Waals surface area contributed by atoms with Crippen LogP contribution >= 0.6 is 0 Å². The zero-order valence-electron chi connectivity index (χ0n) is 13.1. The molecule has 0 fully saturated rings. The van der Waals surface area contributed by atoms with Crippen LogP contribution in [0.1, 0.15) is 11.1 Å². The highest BCUT2D eigenvalue weighted by atomic mass is 16.6. The molecule has 3 rings (SSSR count). The van der Waals surface area contributed by atoms with Gasteiger partial charge in [0.15, 0.2) is 0 Å². The van der Waals surface area contributed by atoms with E-state index in [0.29, 0.717) is 12.1 Å². The highest BCUT2D eigenvalue weighted by Gasteiger charge is 2.17. The maximum atomic E-state index is 11.2. The van der Waals surface area contributed by atoms with Crippen molar-refractivity contribution in [3.05, 3.63) is 82.3 Å². The molecular weight excluding hydrogens is 304 g/mol. The van der Waals surface area contributed by atoms with Crippen molar-refractivity contribution in [3.63, 3.8) is 0 Å². The smallest absolute Gasteiger partial charge is 0.314 e. The summed E-state index contributed by atoms with van der Waals surface area (Å²) in [4.78, 5) is 19.0. The van der Waals surface area contributed by atoms with Crippen LogP contribution in [0.25, 0.3) is 11.1 Å². The van der Waals surface area contributed by atoms with E-state index in [-0.39, 0.29) is 11.5 Å². The lowest BCUT2D eigenvalue weighted by Crippen LogP contribution is -2.05. The Morgan fingerprint density at radius 3 is 2.54 bits per heavy atom. The van der Waals surface area contributed by atoms with Crippen molar-refractivity contribution in [2.45, 2.75) is 13.5 Å². The van der Waals surface area contributed by atoms with Crippen molar-refractivity contribution in [1.82, 2.24) is 9.97 Å². The first kappa shape index (κ1) is 15.6. The molecule has 2 aromatic heterocycles. The summed E-state index contributed by atoms with van der Waals surface area (Å²) in [5.41, 5.74) is 3.74. The lowest BCUT2D eigenvalue weighted by Gasteiger charge is -2.08. The number of hydrogen-bond acceptors (Lipinski definition) is 5. The quantitative estimate of drug-likeness (QED) is 0.568. The third-order valence-electron chi connectivity index (χ3n) is 3.72. The summed E-state index contributed by atoms with van der Waals surface area (Å²) in [7, 11) is 0. The standard InChI is InChI=1S/C18H16N4O2/c1-13-8-10-20-18(17(13)22(23)24)21-11-14-4-6-15(7-5-14)16-3-2-9-19-12-16/h2-10,12H,11H2,1H3,(H,20,21). The van der Waals surface area contributed by atoms with Crippen molar-refractivity contribution in [2.75, 3.05) is 5.32 Å². The number of nitrogens with one attached hydrogen (secondary N) is 1. The van der Waals surface area contributed by atoms with Crippen LogP contribution in [0.15, 0.2) is 61.1 Å². The Labute approximate surface area is 139 Å². The Hall–Kier alpha value is -3.28. The van der Waals surface area contributed by atoms with E-state index in [1.807, 2.05) is 42.6 Å². The Kier molecular flexibility index (Phi) is 4.47. The molecule has 120 valence electrons. The molecule has 6 heteroatoms. The molecule has 0 amide bonds. The molecule has 0 atom stereocenters. The molecule has 0 unspecified atom stereocenters. The van der Waals surface area contributed by atoms with Gasteiger partial charge < -0.3 is 5.32 Å². The highest BCUT2D eigenvalue weighted by molar-refractivity contribution is 5.63. The lowest BCUT2D eigenvalue weighted by molar-refractivity contribution is -0.384. The van der Waals surface area contributed by atoms with E-state index in [9.17, 15) is 10.1 Å². The minimum absolute atomic E-state index is 0.0180. The average Bonchev–Trinajstić information content (AvgIpc) is 2.61. The van der Waals surface area contributed by atoms with Crippen LogP contribution in [0, 0.1) is 17.0 Å². The number of aromatic nitrogens is 2. The van der Waals surface area contributed by atoms with E-state index in [1.165, 1.54) is 0 Å². The molecule has 0 saturated carbocycles. The molecule has 0 aliphatic rings. The largest absolute Gasteiger partial charge is 0.360 e. The maximum absolute atomic E-state index is 11.2. The first-order valence-electron chi connectivity index (χ1n) is 7.48. The zero-order valence-corrected chi connectivity index (χ0v) is 13.1. The molecule has 0 aliphatic carbocycles. The highest BCUT2D eigenvalue weighted by Crippen LogP contribution is 2.26. The summed E-state index contributed by atoms with van der Waals surface area (Å²) in [6.45, 7) is 2.16. The van der Waals surface area contributed by atoms with Crippen molar-refractivity contribution >= 4 is 11.5 Å². The van der Waals surface area contributed by atoms with Crippen molar-refractivity contribution < 1.29 is 4.92 Å². The second kappa shape index (κ2) is 6.87. The van der Waals surface area contributed by atoms with Gasteiger partial charge in [-0.1, -0.05) is 30.3 Å². The lowest BCUT2D eigenvalue weighted by atomic mass is 10.1. The fourth-order valence-corrected chi connectivity index (χ4v) is 2.44. The number of aryl methyl sites for hydroxylation is 1. The zero-order chi connectivity index (χ0) is 16.9. The van der Waals surface area contributed by atoms with Gasteiger partial charge in [0.1, 0.15) is 0 Å². The third-order valence-corrected chi connectivity index (χ3v) is 3.72.